The second-order valence-electron chi connectivity index (χ2n) is 5.31. The first-order valence-corrected chi connectivity index (χ1v) is 6.39. The van der Waals surface area contributed by atoms with Crippen LogP contribution >= 0.6 is 0 Å². The molecule has 0 aliphatic rings. The molecule has 0 aliphatic heterocycles. The number of amides is 2. The summed E-state index contributed by atoms with van der Waals surface area (Å²) in [6.45, 7) is 5.53. The Hall–Kier alpha value is -1.98. The highest BCUT2D eigenvalue weighted by Gasteiger charge is 2.15. The zero-order valence-electron chi connectivity index (χ0n) is 12.0. The summed E-state index contributed by atoms with van der Waals surface area (Å²) in [6, 6.07) is 6.99. The third kappa shape index (κ3) is 6.27. The molecule has 0 fully saturated rings. The lowest BCUT2D eigenvalue weighted by atomic mass is 9.94. The number of alkyl carbamates (subject to hydrolysis) is 1. The van der Waals surface area contributed by atoms with Crippen molar-refractivity contribution in [2.24, 2.45) is 0 Å². The van der Waals surface area contributed by atoms with Crippen molar-refractivity contribution in [3.05, 3.63) is 24.3 Å². The Balaban J connectivity index is 2.31. The molecule has 1 rings (SSSR count). The van der Waals surface area contributed by atoms with E-state index in [9.17, 15) is 9.59 Å². The molecule has 106 valence electrons. The van der Waals surface area contributed by atoms with Crippen molar-refractivity contribution < 1.29 is 14.3 Å². The van der Waals surface area contributed by atoms with Crippen LogP contribution in [0.2, 0.25) is 0 Å². The molecule has 0 spiro atoms. The molecule has 0 unspecified atom stereocenters. The molecular formula is C14H19BN2O3. The van der Waals surface area contributed by atoms with Crippen molar-refractivity contribution in [2.45, 2.75) is 32.8 Å². The van der Waals surface area contributed by atoms with Gasteiger partial charge in [0.2, 0.25) is 5.91 Å². The van der Waals surface area contributed by atoms with E-state index < -0.39 is 11.7 Å². The number of rotatable bonds is 4. The van der Waals surface area contributed by atoms with Gasteiger partial charge in [-0.1, -0.05) is 23.7 Å². The lowest BCUT2D eigenvalue weighted by molar-refractivity contribution is -0.116. The third-order valence-corrected chi connectivity index (χ3v) is 2.26. The van der Waals surface area contributed by atoms with Gasteiger partial charge in [0.1, 0.15) is 13.4 Å². The van der Waals surface area contributed by atoms with Gasteiger partial charge in [0.05, 0.1) is 0 Å². The van der Waals surface area contributed by atoms with Gasteiger partial charge in [0.15, 0.2) is 0 Å². The van der Waals surface area contributed by atoms with E-state index in [1.807, 2.05) is 0 Å². The molecule has 1 aromatic rings. The van der Waals surface area contributed by atoms with Crippen molar-refractivity contribution in [1.29, 1.82) is 0 Å². The summed E-state index contributed by atoms with van der Waals surface area (Å²) in [6.07, 6.45) is -0.391. The fourth-order valence-electron chi connectivity index (χ4n) is 1.42. The molecule has 0 aliphatic carbocycles. The highest BCUT2D eigenvalue weighted by atomic mass is 16.6. The number of nitrogens with one attached hydrogen (secondary N) is 2. The summed E-state index contributed by atoms with van der Waals surface area (Å²) in [4.78, 5) is 23.0. The maximum atomic E-state index is 11.7. The zero-order chi connectivity index (χ0) is 15.2. The predicted molar refractivity (Wildman–Crippen MR) is 79.3 cm³/mol. The van der Waals surface area contributed by atoms with E-state index >= 15 is 0 Å². The number of para-hydroxylation sites is 1. The SMILES string of the molecule is [B]c1ccccc1NC(=O)CCNC(=O)OC(C)(C)C. The van der Waals surface area contributed by atoms with E-state index in [-0.39, 0.29) is 18.9 Å². The molecule has 5 nitrogen and oxygen atoms in total. The second kappa shape index (κ2) is 6.98. The first kappa shape index (κ1) is 16.1. The molecule has 0 saturated heterocycles. The van der Waals surface area contributed by atoms with Crippen LogP contribution in [-0.2, 0) is 9.53 Å². The number of hydrogen-bond acceptors (Lipinski definition) is 3. The van der Waals surface area contributed by atoms with Crippen molar-refractivity contribution in [3.63, 3.8) is 0 Å². The van der Waals surface area contributed by atoms with Gasteiger partial charge in [-0.15, -0.1) is 0 Å². The molecule has 0 atom stereocenters. The molecule has 20 heavy (non-hydrogen) atoms. The zero-order valence-corrected chi connectivity index (χ0v) is 12.0. The Morgan fingerprint density at radius 3 is 2.50 bits per heavy atom. The summed E-state index contributed by atoms with van der Waals surface area (Å²) in [5.41, 5.74) is 0.515. The highest BCUT2D eigenvalue weighted by Crippen LogP contribution is 2.06. The molecule has 6 heteroatoms. The molecular weight excluding hydrogens is 255 g/mol. The van der Waals surface area contributed by atoms with Gasteiger partial charge in [-0.05, 0) is 26.8 Å². The fourth-order valence-corrected chi connectivity index (χ4v) is 1.42. The van der Waals surface area contributed by atoms with Gasteiger partial charge < -0.3 is 15.4 Å². The minimum atomic E-state index is -0.551. The average Bonchev–Trinajstić information content (AvgIpc) is 2.29. The van der Waals surface area contributed by atoms with Crippen molar-refractivity contribution in [2.75, 3.05) is 11.9 Å². The van der Waals surface area contributed by atoms with E-state index in [2.05, 4.69) is 10.6 Å². The molecule has 2 radical (unpaired) electrons. The van der Waals surface area contributed by atoms with Crippen molar-refractivity contribution >= 4 is 31.0 Å². The first-order valence-electron chi connectivity index (χ1n) is 6.39. The van der Waals surface area contributed by atoms with Gasteiger partial charge in [-0.2, -0.15) is 0 Å². The van der Waals surface area contributed by atoms with Crippen LogP contribution in [-0.4, -0.2) is 32.0 Å². The van der Waals surface area contributed by atoms with Crippen LogP contribution in [0.1, 0.15) is 27.2 Å². The number of carbonyl (C=O) groups excluding carboxylic acids is 2. The molecule has 2 amide bonds. The van der Waals surface area contributed by atoms with Crippen LogP contribution in [0.4, 0.5) is 10.5 Å². The van der Waals surface area contributed by atoms with E-state index in [0.29, 0.717) is 11.2 Å². The number of hydrogen-bond donors (Lipinski definition) is 2. The van der Waals surface area contributed by atoms with E-state index in [0.717, 1.165) is 0 Å². The maximum absolute atomic E-state index is 11.7. The summed E-state index contributed by atoms with van der Waals surface area (Å²) in [5, 5.41) is 5.19. The Morgan fingerprint density at radius 1 is 1.25 bits per heavy atom. The first-order chi connectivity index (χ1) is 9.28. The molecule has 0 bridgehead atoms. The quantitative estimate of drug-likeness (QED) is 0.814. The monoisotopic (exact) mass is 274 g/mol. The van der Waals surface area contributed by atoms with Gasteiger partial charge >= 0.3 is 6.09 Å². The minimum Gasteiger partial charge on any atom is -0.444 e. The lowest BCUT2D eigenvalue weighted by Crippen LogP contribution is -2.34. The number of carbonyl (C=O) groups is 2. The van der Waals surface area contributed by atoms with Crippen LogP contribution in [0.25, 0.3) is 0 Å². The normalized spacial score (nSPS) is 10.8. The Bertz CT molecular complexity index is 484. The Morgan fingerprint density at radius 2 is 1.90 bits per heavy atom. The lowest BCUT2D eigenvalue weighted by Gasteiger charge is -2.19. The van der Waals surface area contributed by atoms with Crippen molar-refractivity contribution in [3.8, 4) is 0 Å². The van der Waals surface area contributed by atoms with Gasteiger partial charge in [0, 0.05) is 18.7 Å². The summed E-state index contributed by atoms with van der Waals surface area (Å²) >= 11 is 0. The van der Waals surface area contributed by atoms with Crippen LogP contribution in [0.15, 0.2) is 24.3 Å². The molecule has 2 N–H and O–H groups in total. The second-order valence-corrected chi connectivity index (χ2v) is 5.31. The largest absolute Gasteiger partial charge is 0.444 e. The number of anilines is 1. The van der Waals surface area contributed by atoms with Gasteiger partial charge in [0.25, 0.3) is 0 Å². The van der Waals surface area contributed by atoms with Crippen LogP contribution in [0, 0.1) is 0 Å². The fraction of sp³-hybridized carbons (Fsp3) is 0.429. The topological polar surface area (TPSA) is 67.4 Å². The van der Waals surface area contributed by atoms with Crippen LogP contribution in [0.3, 0.4) is 0 Å². The summed E-state index contributed by atoms with van der Waals surface area (Å²) in [5.74, 6) is -0.223. The average molecular weight is 274 g/mol. The third-order valence-electron chi connectivity index (χ3n) is 2.26. The highest BCUT2D eigenvalue weighted by molar-refractivity contribution is 6.36. The number of benzene rings is 1. The van der Waals surface area contributed by atoms with Gasteiger partial charge in [-0.3, -0.25) is 4.79 Å². The van der Waals surface area contributed by atoms with E-state index in [1.54, 1.807) is 45.0 Å². The van der Waals surface area contributed by atoms with Crippen molar-refractivity contribution in [1.82, 2.24) is 5.32 Å². The van der Waals surface area contributed by atoms with E-state index in [1.165, 1.54) is 0 Å². The van der Waals surface area contributed by atoms with Crippen LogP contribution < -0.4 is 16.1 Å². The molecule has 1 aromatic carbocycles. The molecule has 0 aromatic heterocycles. The Labute approximate surface area is 120 Å². The summed E-state index contributed by atoms with van der Waals surface area (Å²) < 4.78 is 5.06. The summed E-state index contributed by atoms with van der Waals surface area (Å²) in [7, 11) is 5.71. The number of ether oxygens (including phenoxy) is 1. The minimum absolute atomic E-state index is 0.146. The van der Waals surface area contributed by atoms with Crippen LogP contribution in [0.5, 0.6) is 0 Å². The standard InChI is InChI=1S/C14H19BN2O3/c1-14(2,3)20-13(19)16-9-8-12(18)17-11-7-5-4-6-10(11)15/h4-7H,8-9H2,1-3H3,(H,16,19)(H,17,18). The molecule has 0 heterocycles. The van der Waals surface area contributed by atoms with Gasteiger partial charge in [-0.25, -0.2) is 4.79 Å². The van der Waals surface area contributed by atoms with E-state index in [4.69, 9.17) is 12.6 Å². The maximum Gasteiger partial charge on any atom is 0.407 e. The predicted octanol–water partition coefficient (Wildman–Crippen LogP) is 1.33. The molecule has 0 saturated carbocycles. The smallest absolute Gasteiger partial charge is 0.407 e. The Kier molecular flexibility index (Phi) is 5.61.